The van der Waals surface area contributed by atoms with E-state index in [-0.39, 0.29) is 11.8 Å². The third kappa shape index (κ3) is 5.49. The lowest BCUT2D eigenvalue weighted by Crippen LogP contribution is -2.37. The van der Waals surface area contributed by atoms with E-state index >= 15 is 0 Å². The van der Waals surface area contributed by atoms with Gasteiger partial charge in [-0.1, -0.05) is 23.9 Å². The molecule has 1 N–H and O–H groups in total. The number of nitrogens with one attached hydrogen (secondary N) is 1. The van der Waals surface area contributed by atoms with Gasteiger partial charge in [-0.25, -0.2) is 4.98 Å². The topological polar surface area (TPSA) is 62.3 Å². The molecular weight excluding hydrogens is 378 g/mol. The van der Waals surface area contributed by atoms with Crippen LogP contribution in [0.3, 0.4) is 0 Å². The van der Waals surface area contributed by atoms with Crippen molar-refractivity contribution in [2.24, 2.45) is 0 Å². The molecule has 2 heterocycles. The Morgan fingerprint density at radius 3 is 2.89 bits per heavy atom. The molecule has 1 aliphatic heterocycles. The molecule has 142 valence electrons. The number of aromatic nitrogens is 1. The molecular formula is C20H23N3O2S2. The van der Waals surface area contributed by atoms with Crippen LogP contribution in [0.1, 0.15) is 18.4 Å². The molecule has 0 bridgehead atoms. The van der Waals surface area contributed by atoms with Gasteiger partial charge in [0.2, 0.25) is 11.8 Å². The maximum Gasteiger partial charge on any atom is 0.237 e. The summed E-state index contributed by atoms with van der Waals surface area (Å²) in [5.74, 6) is 0.515. The van der Waals surface area contributed by atoms with Gasteiger partial charge in [0.15, 0.2) is 0 Å². The van der Waals surface area contributed by atoms with Gasteiger partial charge in [0.1, 0.15) is 5.03 Å². The molecule has 1 aromatic carbocycles. The van der Waals surface area contributed by atoms with Crippen molar-refractivity contribution < 1.29 is 9.59 Å². The number of carbonyl (C=O) groups is 2. The molecule has 0 spiro atoms. The number of benzene rings is 1. The first kappa shape index (κ1) is 19.8. The zero-order chi connectivity index (χ0) is 19.1. The number of hydrogen-bond acceptors (Lipinski definition) is 5. The normalized spacial score (nSPS) is 13.4. The number of rotatable bonds is 8. The van der Waals surface area contributed by atoms with Crippen molar-refractivity contribution in [3.63, 3.8) is 0 Å². The minimum atomic E-state index is 0.0287. The molecule has 0 unspecified atom stereocenters. The van der Waals surface area contributed by atoms with Crippen molar-refractivity contribution >= 4 is 41.0 Å². The number of anilines is 1. The lowest BCUT2D eigenvalue weighted by atomic mass is 10.1. The average molecular weight is 402 g/mol. The SMILES string of the molecule is CSc1ccc(CCNC(=O)CCCN2C(=O)CSc3ncccc32)cc1. The fraction of sp³-hybridized carbons (Fsp3) is 0.350. The lowest BCUT2D eigenvalue weighted by Gasteiger charge is -2.27. The zero-order valence-electron chi connectivity index (χ0n) is 15.3. The van der Waals surface area contributed by atoms with Gasteiger partial charge in [0.05, 0.1) is 11.4 Å². The first-order chi connectivity index (χ1) is 13.2. The van der Waals surface area contributed by atoms with E-state index in [1.54, 1.807) is 22.9 Å². The molecule has 5 nitrogen and oxygen atoms in total. The first-order valence-electron chi connectivity index (χ1n) is 8.95. The second kappa shape index (κ2) is 9.80. The Bertz CT molecular complexity index is 796. The Hall–Kier alpha value is -1.99. The number of thioether (sulfide) groups is 2. The maximum absolute atomic E-state index is 12.2. The summed E-state index contributed by atoms with van der Waals surface area (Å²) < 4.78 is 0. The Kier molecular flexibility index (Phi) is 7.18. The molecule has 0 saturated heterocycles. The highest BCUT2D eigenvalue weighted by Gasteiger charge is 2.24. The van der Waals surface area contributed by atoms with Crippen LogP contribution in [0.5, 0.6) is 0 Å². The second-order valence-electron chi connectivity index (χ2n) is 6.21. The van der Waals surface area contributed by atoms with Gasteiger partial charge in [-0.15, -0.1) is 11.8 Å². The molecule has 3 rings (SSSR count). The van der Waals surface area contributed by atoms with Crippen molar-refractivity contribution in [3.05, 3.63) is 48.2 Å². The van der Waals surface area contributed by atoms with Crippen LogP contribution < -0.4 is 10.2 Å². The Balaban J connectivity index is 1.40. The van der Waals surface area contributed by atoms with Gasteiger partial charge < -0.3 is 10.2 Å². The van der Waals surface area contributed by atoms with Gasteiger partial charge >= 0.3 is 0 Å². The maximum atomic E-state index is 12.2. The van der Waals surface area contributed by atoms with Crippen molar-refractivity contribution in [1.29, 1.82) is 0 Å². The predicted octanol–water partition coefficient (Wildman–Crippen LogP) is 3.38. The van der Waals surface area contributed by atoms with Crippen LogP contribution in [0.2, 0.25) is 0 Å². The molecule has 0 saturated carbocycles. The molecule has 2 aromatic rings. The molecule has 1 aromatic heterocycles. The Morgan fingerprint density at radius 1 is 1.30 bits per heavy atom. The lowest BCUT2D eigenvalue weighted by molar-refractivity contribution is -0.121. The molecule has 0 radical (unpaired) electrons. The first-order valence-corrected chi connectivity index (χ1v) is 11.2. The highest BCUT2D eigenvalue weighted by Crippen LogP contribution is 2.33. The largest absolute Gasteiger partial charge is 0.356 e. The smallest absolute Gasteiger partial charge is 0.237 e. The van der Waals surface area contributed by atoms with Gasteiger partial charge in [0, 0.05) is 30.6 Å². The summed E-state index contributed by atoms with van der Waals surface area (Å²) in [6.07, 6.45) is 5.67. The van der Waals surface area contributed by atoms with E-state index in [1.807, 2.05) is 12.1 Å². The molecule has 0 atom stereocenters. The van der Waals surface area contributed by atoms with Crippen LogP contribution >= 0.6 is 23.5 Å². The number of hydrogen-bond donors (Lipinski definition) is 1. The minimum absolute atomic E-state index is 0.0287. The summed E-state index contributed by atoms with van der Waals surface area (Å²) in [4.78, 5) is 31.6. The van der Waals surface area contributed by atoms with Crippen LogP contribution in [-0.4, -0.2) is 41.9 Å². The summed E-state index contributed by atoms with van der Waals surface area (Å²) in [5.41, 5.74) is 2.07. The van der Waals surface area contributed by atoms with Gasteiger partial charge in [-0.3, -0.25) is 9.59 Å². The summed E-state index contributed by atoms with van der Waals surface area (Å²) in [5, 5.41) is 3.85. The number of pyridine rings is 1. The standard InChI is InChI=1S/C20H23N3O2S2/c1-26-16-8-6-15(7-9-16)10-12-21-18(24)5-3-13-23-17-4-2-11-22-20(17)27-14-19(23)25/h2,4,6-9,11H,3,5,10,12-14H2,1H3,(H,21,24). The Morgan fingerprint density at radius 2 is 2.11 bits per heavy atom. The molecule has 27 heavy (non-hydrogen) atoms. The van der Waals surface area contributed by atoms with E-state index < -0.39 is 0 Å². The number of amides is 2. The predicted molar refractivity (Wildman–Crippen MR) is 111 cm³/mol. The zero-order valence-corrected chi connectivity index (χ0v) is 16.9. The highest BCUT2D eigenvalue weighted by atomic mass is 32.2. The van der Waals surface area contributed by atoms with E-state index in [4.69, 9.17) is 0 Å². The van der Waals surface area contributed by atoms with Crippen molar-refractivity contribution in [2.75, 3.05) is 30.0 Å². The van der Waals surface area contributed by atoms with Gasteiger partial charge in [-0.05, 0) is 48.9 Å². The van der Waals surface area contributed by atoms with Gasteiger partial charge in [0.25, 0.3) is 0 Å². The van der Waals surface area contributed by atoms with Crippen molar-refractivity contribution in [1.82, 2.24) is 10.3 Å². The number of fused-ring (bicyclic) bond motifs is 1. The van der Waals surface area contributed by atoms with E-state index in [0.29, 0.717) is 31.7 Å². The summed E-state index contributed by atoms with van der Waals surface area (Å²) >= 11 is 3.19. The van der Waals surface area contributed by atoms with E-state index in [9.17, 15) is 9.59 Å². The third-order valence-corrected chi connectivity index (χ3v) is 6.08. The Labute approximate surface area is 168 Å². The third-order valence-electron chi connectivity index (χ3n) is 4.36. The second-order valence-corrected chi connectivity index (χ2v) is 8.06. The van der Waals surface area contributed by atoms with Crippen LogP contribution in [0.15, 0.2) is 52.5 Å². The summed E-state index contributed by atoms with van der Waals surface area (Å²) in [7, 11) is 0. The minimum Gasteiger partial charge on any atom is -0.356 e. The molecule has 7 heteroatoms. The highest BCUT2D eigenvalue weighted by molar-refractivity contribution is 8.00. The van der Waals surface area contributed by atoms with E-state index in [2.05, 4.69) is 40.8 Å². The van der Waals surface area contributed by atoms with Crippen LogP contribution in [0.25, 0.3) is 0 Å². The average Bonchev–Trinajstić information content (AvgIpc) is 2.70. The fourth-order valence-corrected chi connectivity index (χ4v) is 4.20. The quantitative estimate of drug-likeness (QED) is 0.687. The van der Waals surface area contributed by atoms with Crippen LogP contribution in [-0.2, 0) is 16.0 Å². The number of carbonyl (C=O) groups excluding carboxylic acids is 2. The molecule has 1 aliphatic rings. The fourth-order valence-electron chi connectivity index (χ4n) is 2.91. The van der Waals surface area contributed by atoms with Crippen molar-refractivity contribution in [2.45, 2.75) is 29.2 Å². The van der Waals surface area contributed by atoms with E-state index in [0.717, 1.165) is 17.1 Å². The van der Waals surface area contributed by atoms with Crippen LogP contribution in [0, 0.1) is 0 Å². The van der Waals surface area contributed by atoms with E-state index in [1.165, 1.54) is 22.2 Å². The summed E-state index contributed by atoms with van der Waals surface area (Å²) in [6, 6.07) is 12.1. The molecule has 0 fully saturated rings. The monoisotopic (exact) mass is 401 g/mol. The van der Waals surface area contributed by atoms with Crippen molar-refractivity contribution in [3.8, 4) is 0 Å². The molecule has 2 amide bonds. The van der Waals surface area contributed by atoms with Crippen LogP contribution in [0.4, 0.5) is 5.69 Å². The summed E-state index contributed by atoms with van der Waals surface area (Å²) in [6.45, 7) is 1.17. The van der Waals surface area contributed by atoms with Gasteiger partial charge in [-0.2, -0.15) is 0 Å². The number of nitrogens with zero attached hydrogens (tertiary/aromatic N) is 2. The molecule has 0 aliphatic carbocycles.